The minimum absolute atomic E-state index is 0. The normalized spacial score (nSPS) is 11.8. The molecular formula is C19H40O2SSn. The number of hydrogen-bond donors (Lipinski definition) is 1. The summed E-state index contributed by atoms with van der Waals surface area (Å²) in [6, 6.07) is 0. The summed E-state index contributed by atoms with van der Waals surface area (Å²) in [4.78, 5) is 12.0. The molecule has 0 N–H and O–H groups in total. The molecule has 0 heterocycles. The fourth-order valence-electron chi connectivity index (χ4n) is 2.63. The zero-order valence-corrected chi connectivity index (χ0v) is 20.6. The van der Waals surface area contributed by atoms with Gasteiger partial charge < -0.3 is 4.74 Å². The molecule has 0 rings (SSSR count). The van der Waals surface area contributed by atoms with Gasteiger partial charge in [-0.05, 0) is 12.8 Å². The predicted octanol–water partition coefficient (Wildman–Crippen LogP) is 5.27. The van der Waals surface area contributed by atoms with Crippen LogP contribution in [0.2, 0.25) is 0 Å². The molecule has 0 saturated heterocycles. The number of unbranched alkanes of at least 4 members (excludes halogenated alkanes) is 10. The molecule has 0 fully saturated rings. The average Bonchev–Trinajstić information content (AvgIpc) is 2.53. The zero-order valence-electron chi connectivity index (χ0n) is 15.7. The molecule has 1 atom stereocenters. The van der Waals surface area contributed by atoms with E-state index in [0.29, 0.717) is 12.4 Å². The predicted molar refractivity (Wildman–Crippen MR) is 108 cm³/mol. The SMILES string of the molecule is CCCCCCCCOC(=O)C(CS)CCCCCCCC.[SnH2]. The van der Waals surface area contributed by atoms with Crippen LogP contribution in [0.5, 0.6) is 0 Å². The number of carbonyl (C=O) groups excluding carboxylic acids is 1. The van der Waals surface area contributed by atoms with Crippen molar-refractivity contribution in [3.05, 3.63) is 0 Å². The van der Waals surface area contributed by atoms with Crippen molar-refractivity contribution in [1.29, 1.82) is 0 Å². The summed E-state index contributed by atoms with van der Waals surface area (Å²) in [6.45, 7) is 5.05. The van der Waals surface area contributed by atoms with Gasteiger partial charge >= 0.3 is 29.9 Å². The Kier molecular flexibility index (Phi) is 23.2. The number of ether oxygens (including phenoxy) is 1. The molecule has 0 bridgehead atoms. The van der Waals surface area contributed by atoms with Crippen LogP contribution in [0.25, 0.3) is 0 Å². The van der Waals surface area contributed by atoms with Gasteiger partial charge in [0.1, 0.15) is 0 Å². The van der Waals surface area contributed by atoms with Crippen molar-refractivity contribution in [2.75, 3.05) is 12.4 Å². The van der Waals surface area contributed by atoms with Gasteiger partial charge in [0.05, 0.1) is 12.5 Å². The van der Waals surface area contributed by atoms with Gasteiger partial charge in [0.2, 0.25) is 0 Å². The van der Waals surface area contributed by atoms with Crippen LogP contribution in [-0.4, -0.2) is 42.2 Å². The number of thiol groups is 1. The van der Waals surface area contributed by atoms with Crippen molar-refractivity contribution in [3.63, 3.8) is 0 Å². The number of hydrogen-bond acceptors (Lipinski definition) is 3. The Morgan fingerprint density at radius 3 is 1.83 bits per heavy atom. The van der Waals surface area contributed by atoms with Crippen molar-refractivity contribution >= 4 is 42.5 Å². The second-order valence-electron chi connectivity index (χ2n) is 6.37. The van der Waals surface area contributed by atoms with Crippen LogP contribution < -0.4 is 0 Å². The zero-order chi connectivity index (χ0) is 16.5. The van der Waals surface area contributed by atoms with Crippen molar-refractivity contribution in [2.45, 2.75) is 97.3 Å². The molecule has 23 heavy (non-hydrogen) atoms. The van der Waals surface area contributed by atoms with E-state index in [9.17, 15) is 4.79 Å². The van der Waals surface area contributed by atoms with E-state index in [-0.39, 0.29) is 35.8 Å². The quantitative estimate of drug-likeness (QED) is 0.150. The van der Waals surface area contributed by atoms with Crippen LogP contribution in [0.4, 0.5) is 0 Å². The molecule has 0 aromatic heterocycles. The Hall–Kier alpha value is 0.619. The van der Waals surface area contributed by atoms with Gasteiger partial charge in [0.25, 0.3) is 0 Å². The van der Waals surface area contributed by atoms with E-state index in [0.717, 1.165) is 19.3 Å². The van der Waals surface area contributed by atoms with Gasteiger partial charge in [-0.25, -0.2) is 0 Å². The van der Waals surface area contributed by atoms with Crippen LogP contribution in [0.15, 0.2) is 0 Å². The van der Waals surface area contributed by atoms with Crippen molar-refractivity contribution in [2.24, 2.45) is 5.92 Å². The molecule has 2 radical (unpaired) electrons. The van der Waals surface area contributed by atoms with Crippen LogP contribution in [-0.2, 0) is 9.53 Å². The molecule has 138 valence electrons. The van der Waals surface area contributed by atoms with Crippen LogP contribution >= 0.6 is 12.6 Å². The van der Waals surface area contributed by atoms with Gasteiger partial charge in [-0.2, -0.15) is 12.6 Å². The van der Waals surface area contributed by atoms with Gasteiger partial charge in [-0.1, -0.05) is 84.5 Å². The summed E-state index contributed by atoms with van der Waals surface area (Å²) < 4.78 is 5.41. The number of rotatable bonds is 16. The van der Waals surface area contributed by atoms with Crippen molar-refractivity contribution < 1.29 is 9.53 Å². The van der Waals surface area contributed by atoms with E-state index in [1.807, 2.05) is 0 Å². The Labute approximate surface area is 167 Å². The molecule has 0 spiro atoms. The van der Waals surface area contributed by atoms with E-state index in [2.05, 4.69) is 26.5 Å². The van der Waals surface area contributed by atoms with Gasteiger partial charge in [-0.3, -0.25) is 4.79 Å². The molecule has 2 nitrogen and oxygen atoms in total. The molecule has 0 saturated carbocycles. The summed E-state index contributed by atoms with van der Waals surface area (Å²) in [5, 5.41) is 0. The topological polar surface area (TPSA) is 26.3 Å². The molecule has 4 heteroatoms. The Morgan fingerprint density at radius 2 is 1.30 bits per heavy atom. The fraction of sp³-hybridized carbons (Fsp3) is 0.947. The van der Waals surface area contributed by atoms with Crippen LogP contribution in [0, 0.1) is 5.92 Å². The first-order valence-corrected chi connectivity index (χ1v) is 10.2. The first kappa shape index (κ1) is 25.9. The van der Waals surface area contributed by atoms with E-state index >= 15 is 0 Å². The molecule has 0 amide bonds. The van der Waals surface area contributed by atoms with E-state index < -0.39 is 0 Å². The summed E-state index contributed by atoms with van der Waals surface area (Å²) >= 11 is 4.31. The molecule has 0 aliphatic carbocycles. The molecular weight excluding hydrogens is 411 g/mol. The molecule has 0 aliphatic rings. The van der Waals surface area contributed by atoms with Crippen LogP contribution in [0.3, 0.4) is 0 Å². The number of esters is 1. The summed E-state index contributed by atoms with van der Waals surface area (Å²) in [6.07, 6.45) is 15.9. The average molecular weight is 451 g/mol. The second-order valence-corrected chi connectivity index (χ2v) is 6.74. The summed E-state index contributed by atoms with van der Waals surface area (Å²) in [5.74, 6) is 0.580. The fourth-order valence-corrected chi connectivity index (χ4v) is 2.96. The first-order valence-electron chi connectivity index (χ1n) is 9.53. The maximum atomic E-state index is 12.0. The minimum atomic E-state index is -0.0304. The maximum absolute atomic E-state index is 12.0. The van der Waals surface area contributed by atoms with E-state index in [1.54, 1.807) is 0 Å². The first-order chi connectivity index (χ1) is 10.8. The summed E-state index contributed by atoms with van der Waals surface area (Å²) in [7, 11) is 0. The molecule has 0 aromatic rings. The van der Waals surface area contributed by atoms with Crippen LogP contribution in [0.1, 0.15) is 97.3 Å². The van der Waals surface area contributed by atoms with Crippen molar-refractivity contribution in [1.82, 2.24) is 0 Å². The Morgan fingerprint density at radius 1 is 0.826 bits per heavy atom. The molecule has 0 aromatic carbocycles. The van der Waals surface area contributed by atoms with Gasteiger partial charge in [0.15, 0.2) is 0 Å². The molecule has 0 aliphatic heterocycles. The standard InChI is InChI=1S/C19H38O2S.Sn.2H/c1-3-5-7-9-11-13-15-18(17-22)19(20)21-16-14-12-10-8-6-4-2;;;/h18,22H,3-17H2,1-2H3;;;. The van der Waals surface area contributed by atoms with Gasteiger partial charge in [-0.15, -0.1) is 0 Å². The third kappa shape index (κ3) is 17.2. The van der Waals surface area contributed by atoms with Crippen molar-refractivity contribution in [3.8, 4) is 0 Å². The monoisotopic (exact) mass is 452 g/mol. The van der Waals surface area contributed by atoms with E-state index in [1.165, 1.54) is 64.2 Å². The van der Waals surface area contributed by atoms with Gasteiger partial charge in [0, 0.05) is 5.75 Å². The van der Waals surface area contributed by atoms with E-state index in [4.69, 9.17) is 4.74 Å². The third-order valence-electron chi connectivity index (χ3n) is 4.20. The molecule has 1 unspecified atom stereocenters. The second kappa shape index (κ2) is 20.7. The summed E-state index contributed by atoms with van der Waals surface area (Å²) in [5.41, 5.74) is 0. The third-order valence-corrected chi connectivity index (χ3v) is 4.64. The Balaban J connectivity index is 0. The number of carbonyl (C=O) groups is 1. The Bertz CT molecular complexity index is 250.